The van der Waals surface area contributed by atoms with E-state index in [2.05, 4.69) is 15.1 Å². The smallest absolute Gasteiger partial charge is 0.225 e. The number of nitrogens with one attached hydrogen (secondary N) is 1. The largest absolute Gasteiger partial charge is 0.375 e. The van der Waals surface area contributed by atoms with Gasteiger partial charge in [-0.15, -0.1) is 24.8 Å². The Morgan fingerprint density at radius 1 is 1.19 bits per heavy atom. The number of fused-ring (bicyclic) bond motifs is 1. The van der Waals surface area contributed by atoms with Crippen LogP contribution in [0.3, 0.4) is 0 Å². The number of hydrogen-bond acceptors (Lipinski definition) is 4. The Hall–Kier alpha value is -0.0700. The van der Waals surface area contributed by atoms with E-state index in [-0.39, 0.29) is 36.8 Å². The molecule has 1 N–H and O–H groups in total. The van der Waals surface area contributed by atoms with Gasteiger partial charge in [0.05, 0.1) is 19.1 Å². The molecule has 3 rings (SSSR count). The minimum absolute atomic E-state index is 0. The topological polar surface area (TPSA) is 44.8 Å². The van der Waals surface area contributed by atoms with Crippen LogP contribution in [0.2, 0.25) is 0 Å². The molecule has 1 amide bonds. The van der Waals surface area contributed by atoms with Crippen molar-refractivity contribution in [2.45, 2.75) is 37.8 Å². The van der Waals surface area contributed by atoms with Crippen molar-refractivity contribution in [3.05, 3.63) is 0 Å². The van der Waals surface area contributed by atoms with Crippen molar-refractivity contribution >= 4 is 30.7 Å². The van der Waals surface area contributed by atoms with E-state index >= 15 is 0 Å². The van der Waals surface area contributed by atoms with Gasteiger partial charge in [-0.05, 0) is 19.4 Å². The summed E-state index contributed by atoms with van der Waals surface area (Å²) in [5.41, 5.74) is 0. The number of ether oxygens (including phenoxy) is 1. The second-order valence-corrected chi connectivity index (χ2v) is 5.93. The lowest BCUT2D eigenvalue weighted by Gasteiger charge is -2.44. The zero-order chi connectivity index (χ0) is 13.1. The summed E-state index contributed by atoms with van der Waals surface area (Å²) in [5, 5.41) is 3.28. The summed E-state index contributed by atoms with van der Waals surface area (Å²) in [6, 6.07) is 0.608. The number of rotatable bonds is 2. The predicted octanol–water partition coefficient (Wildman–Crippen LogP) is 0.905. The Morgan fingerprint density at radius 3 is 2.81 bits per heavy atom. The number of piperidine rings is 1. The highest BCUT2D eigenvalue weighted by atomic mass is 35.5. The van der Waals surface area contributed by atoms with Crippen LogP contribution in [0.15, 0.2) is 0 Å². The molecule has 21 heavy (non-hydrogen) atoms. The van der Waals surface area contributed by atoms with Crippen molar-refractivity contribution in [1.82, 2.24) is 15.1 Å². The molecule has 0 radical (unpaired) electrons. The summed E-state index contributed by atoms with van der Waals surface area (Å²) in [7, 11) is 0. The molecule has 2 unspecified atom stereocenters. The molecule has 2 atom stereocenters. The number of hydrogen-bond donors (Lipinski definition) is 1. The maximum absolute atomic E-state index is 12.3. The number of carbonyl (C=O) groups excluding carboxylic acids is 1. The Morgan fingerprint density at radius 2 is 2.05 bits per heavy atom. The van der Waals surface area contributed by atoms with Crippen LogP contribution in [0.4, 0.5) is 0 Å². The standard InChI is InChI=1S/C14H25N3O2.2ClH/c18-14(9-13-10-15-4-8-19-13)17-7-6-16-5-2-1-3-12(16)11-17;;/h12-13,15H,1-11H2;2*1H. The summed E-state index contributed by atoms with van der Waals surface area (Å²) in [6.07, 6.45) is 4.52. The molecular weight excluding hydrogens is 313 g/mol. The van der Waals surface area contributed by atoms with Gasteiger partial charge in [0.1, 0.15) is 0 Å². The fourth-order valence-electron chi connectivity index (χ4n) is 3.46. The van der Waals surface area contributed by atoms with Crippen LogP contribution in [-0.4, -0.2) is 73.7 Å². The molecular formula is C14H27Cl2N3O2. The van der Waals surface area contributed by atoms with Gasteiger partial charge in [0.15, 0.2) is 0 Å². The average Bonchev–Trinajstić information content (AvgIpc) is 2.48. The fraction of sp³-hybridized carbons (Fsp3) is 0.929. The van der Waals surface area contributed by atoms with Gasteiger partial charge < -0.3 is 15.0 Å². The van der Waals surface area contributed by atoms with Crippen LogP contribution in [0, 0.1) is 0 Å². The fourth-order valence-corrected chi connectivity index (χ4v) is 3.46. The van der Waals surface area contributed by atoms with Crippen molar-refractivity contribution in [2.24, 2.45) is 0 Å². The Bertz CT molecular complexity index is 327. The van der Waals surface area contributed by atoms with Crippen LogP contribution in [0.1, 0.15) is 25.7 Å². The number of amides is 1. The Kier molecular flexibility index (Phi) is 8.27. The summed E-state index contributed by atoms with van der Waals surface area (Å²) in [6.45, 7) is 6.56. The number of piperazine rings is 1. The van der Waals surface area contributed by atoms with E-state index in [4.69, 9.17) is 4.74 Å². The molecule has 124 valence electrons. The van der Waals surface area contributed by atoms with Gasteiger partial charge in [-0.2, -0.15) is 0 Å². The predicted molar refractivity (Wildman–Crippen MR) is 87.5 cm³/mol. The second-order valence-electron chi connectivity index (χ2n) is 5.93. The Labute approximate surface area is 139 Å². The molecule has 0 spiro atoms. The van der Waals surface area contributed by atoms with Crippen LogP contribution < -0.4 is 5.32 Å². The van der Waals surface area contributed by atoms with Crippen molar-refractivity contribution in [1.29, 1.82) is 0 Å². The van der Waals surface area contributed by atoms with Crippen molar-refractivity contribution in [2.75, 3.05) is 45.9 Å². The quantitative estimate of drug-likeness (QED) is 0.812. The van der Waals surface area contributed by atoms with Crippen molar-refractivity contribution < 1.29 is 9.53 Å². The van der Waals surface area contributed by atoms with Gasteiger partial charge in [-0.3, -0.25) is 9.69 Å². The maximum atomic E-state index is 12.3. The first-order valence-corrected chi connectivity index (χ1v) is 7.67. The molecule has 0 aromatic rings. The highest BCUT2D eigenvalue weighted by Gasteiger charge is 2.31. The zero-order valence-electron chi connectivity index (χ0n) is 12.5. The van der Waals surface area contributed by atoms with Crippen LogP contribution >= 0.6 is 24.8 Å². The zero-order valence-corrected chi connectivity index (χ0v) is 14.1. The summed E-state index contributed by atoms with van der Waals surface area (Å²) in [5.74, 6) is 0.277. The third-order valence-corrected chi connectivity index (χ3v) is 4.60. The summed E-state index contributed by atoms with van der Waals surface area (Å²) >= 11 is 0. The molecule has 3 saturated heterocycles. The van der Waals surface area contributed by atoms with E-state index in [1.54, 1.807) is 0 Å². The molecule has 3 heterocycles. The van der Waals surface area contributed by atoms with Crippen LogP contribution in [-0.2, 0) is 9.53 Å². The second kappa shape index (κ2) is 9.16. The first-order chi connectivity index (χ1) is 9.33. The molecule has 3 aliphatic rings. The number of halogens is 2. The van der Waals surface area contributed by atoms with Gasteiger partial charge in [0.2, 0.25) is 5.91 Å². The first kappa shape index (κ1) is 19.0. The van der Waals surface area contributed by atoms with Gasteiger partial charge in [0, 0.05) is 38.8 Å². The molecule has 0 aromatic heterocycles. The van der Waals surface area contributed by atoms with E-state index in [9.17, 15) is 4.79 Å². The van der Waals surface area contributed by atoms with Gasteiger partial charge in [-0.25, -0.2) is 0 Å². The highest BCUT2D eigenvalue weighted by Crippen LogP contribution is 2.21. The molecule has 3 aliphatic heterocycles. The van der Waals surface area contributed by atoms with Crippen molar-refractivity contribution in [3.63, 3.8) is 0 Å². The van der Waals surface area contributed by atoms with E-state index in [1.165, 1.54) is 25.8 Å². The molecule has 3 fully saturated rings. The number of carbonyl (C=O) groups is 1. The van der Waals surface area contributed by atoms with Gasteiger partial charge in [0.25, 0.3) is 0 Å². The SMILES string of the molecule is Cl.Cl.O=C(CC1CNCCO1)N1CCN2CCCCC2C1. The van der Waals surface area contributed by atoms with Crippen LogP contribution in [0.25, 0.3) is 0 Å². The third-order valence-electron chi connectivity index (χ3n) is 4.60. The van der Waals surface area contributed by atoms with Crippen LogP contribution in [0.5, 0.6) is 0 Å². The lowest BCUT2D eigenvalue weighted by atomic mass is 9.99. The first-order valence-electron chi connectivity index (χ1n) is 7.67. The summed E-state index contributed by atoms with van der Waals surface area (Å²) in [4.78, 5) is 17.0. The van der Waals surface area contributed by atoms with Gasteiger partial charge in [-0.1, -0.05) is 6.42 Å². The van der Waals surface area contributed by atoms with E-state index in [0.29, 0.717) is 12.5 Å². The highest BCUT2D eigenvalue weighted by molar-refractivity contribution is 5.85. The normalized spacial score (nSPS) is 29.8. The van der Waals surface area contributed by atoms with Gasteiger partial charge >= 0.3 is 0 Å². The lowest BCUT2D eigenvalue weighted by molar-refractivity contribution is -0.138. The number of nitrogens with zero attached hydrogens (tertiary/aromatic N) is 2. The maximum Gasteiger partial charge on any atom is 0.225 e. The molecule has 0 aliphatic carbocycles. The monoisotopic (exact) mass is 339 g/mol. The lowest BCUT2D eigenvalue weighted by Crippen LogP contribution is -2.56. The molecule has 5 nitrogen and oxygen atoms in total. The third kappa shape index (κ3) is 4.96. The minimum atomic E-state index is 0. The molecule has 0 bridgehead atoms. The molecule has 0 saturated carbocycles. The van der Waals surface area contributed by atoms with Crippen molar-refractivity contribution in [3.8, 4) is 0 Å². The Balaban J connectivity index is 0.00000110. The molecule has 0 aromatic carbocycles. The summed E-state index contributed by atoms with van der Waals surface area (Å²) < 4.78 is 5.63. The minimum Gasteiger partial charge on any atom is -0.375 e. The number of morpholine rings is 1. The average molecular weight is 340 g/mol. The van der Waals surface area contributed by atoms with E-state index < -0.39 is 0 Å². The van der Waals surface area contributed by atoms with E-state index in [0.717, 1.165) is 39.3 Å². The molecule has 7 heteroatoms. The van der Waals surface area contributed by atoms with E-state index in [1.807, 2.05) is 0 Å².